The molecule has 24 heavy (non-hydrogen) atoms. The van der Waals surface area contributed by atoms with Gasteiger partial charge in [-0.3, -0.25) is 9.34 Å². The third kappa shape index (κ3) is 6.50. The third-order valence-corrected chi connectivity index (χ3v) is 15.3. The highest BCUT2D eigenvalue weighted by atomic mass is 32.1. The lowest BCUT2D eigenvalue weighted by Gasteiger charge is -2.57. The molecular formula is C20H46N2P2. The first-order valence-electron chi connectivity index (χ1n) is 9.70. The van der Waals surface area contributed by atoms with Crippen LogP contribution < -0.4 is 0 Å². The summed E-state index contributed by atoms with van der Waals surface area (Å²) in [5.74, 6) is 0. The van der Waals surface area contributed by atoms with Crippen molar-refractivity contribution >= 4 is 15.5 Å². The zero-order valence-electron chi connectivity index (χ0n) is 19.1. The van der Waals surface area contributed by atoms with Gasteiger partial charge in [0.25, 0.3) is 0 Å². The summed E-state index contributed by atoms with van der Waals surface area (Å²) in [4.78, 5) is 0. The molecular weight excluding hydrogens is 330 g/mol. The molecule has 0 saturated heterocycles. The fraction of sp³-hybridized carbons (Fsp3) is 1.00. The van der Waals surface area contributed by atoms with E-state index < -0.39 is 0 Å². The molecule has 0 radical (unpaired) electrons. The highest BCUT2D eigenvalue weighted by Crippen LogP contribution is 2.83. The lowest BCUT2D eigenvalue weighted by atomic mass is 10.3. The maximum Gasteiger partial charge on any atom is 0.0120 e. The molecule has 0 fully saturated rings. The largest absolute Gasteiger partial charge is 0.272 e. The van der Waals surface area contributed by atoms with Crippen LogP contribution >= 0.6 is 15.5 Å². The average molecular weight is 377 g/mol. The Bertz CT molecular complexity index is 313. The molecule has 0 rings (SSSR count). The van der Waals surface area contributed by atoms with E-state index in [1.807, 2.05) is 0 Å². The SMILES string of the molecule is CC(C)N(C(C)C)[P@]([P@](N(C(C)C)C(C)C)C(C)(C)C)C(C)(C)C. The van der Waals surface area contributed by atoms with Crippen LogP contribution in [0.1, 0.15) is 96.9 Å². The van der Waals surface area contributed by atoms with E-state index in [0.717, 1.165) is 0 Å². The Kier molecular flexibility index (Phi) is 9.42. The van der Waals surface area contributed by atoms with Gasteiger partial charge in [-0.25, -0.2) is 0 Å². The zero-order chi connectivity index (χ0) is 19.6. The minimum absolute atomic E-state index is 0.276. The predicted octanol–water partition coefficient (Wildman–Crippen LogP) is 7.53. The lowest BCUT2D eigenvalue weighted by Crippen LogP contribution is -2.43. The Balaban J connectivity index is 6.42. The molecule has 4 heteroatoms. The van der Waals surface area contributed by atoms with Gasteiger partial charge < -0.3 is 0 Å². The predicted molar refractivity (Wildman–Crippen MR) is 118 cm³/mol. The van der Waals surface area contributed by atoms with Gasteiger partial charge in [0.1, 0.15) is 0 Å². The lowest BCUT2D eigenvalue weighted by molar-refractivity contribution is 0.306. The standard InChI is InChI=1S/C20H46N2P2/c1-15(2)21(16(3)4)23(19(9,10)11)24(20(12,13)14)22(17(5)6)18(7)8/h15-18H,1-14H3/t23-,24+. The van der Waals surface area contributed by atoms with Crippen molar-refractivity contribution in [1.82, 2.24) is 9.34 Å². The maximum absolute atomic E-state index is 2.85. The molecule has 0 saturated carbocycles. The van der Waals surface area contributed by atoms with Crippen molar-refractivity contribution in [3.8, 4) is 0 Å². The van der Waals surface area contributed by atoms with E-state index in [-0.39, 0.29) is 15.5 Å². The van der Waals surface area contributed by atoms with Crippen LogP contribution in [0.15, 0.2) is 0 Å². The molecule has 0 bridgehead atoms. The van der Waals surface area contributed by atoms with Crippen molar-refractivity contribution in [1.29, 1.82) is 0 Å². The average Bonchev–Trinajstić information content (AvgIpc) is 2.27. The zero-order valence-corrected chi connectivity index (χ0v) is 20.9. The van der Waals surface area contributed by atoms with E-state index in [2.05, 4.69) is 106 Å². The molecule has 0 aromatic rings. The van der Waals surface area contributed by atoms with Crippen LogP contribution in [0.3, 0.4) is 0 Å². The molecule has 0 spiro atoms. The molecule has 0 aliphatic carbocycles. The van der Waals surface area contributed by atoms with Crippen LogP contribution in [-0.2, 0) is 0 Å². The molecule has 0 aromatic heterocycles. The van der Waals surface area contributed by atoms with Crippen molar-refractivity contribution in [2.24, 2.45) is 0 Å². The van der Waals surface area contributed by atoms with Crippen molar-refractivity contribution in [2.45, 2.75) is 131 Å². The Morgan fingerprint density at radius 1 is 0.458 bits per heavy atom. The van der Waals surface area contributed by atoms with Gasteiger partial charge in [0.05, 0.1) is 0 Å². The molecule has 0 amide bonds. The van der Waals surface area contributed by atoms with Gasteiger partial charge in [-0.2, -0.15) is 0 Å². The monoisotopic (exact) mass is 376 g/mol. The quantitative estimate of drug-likeness (QED) is 0.424. The third-order valence-electron chi connectivity index (χ3n) is 3.93. The highest BCUT2D eigenvalue weighted by molar-refractivity contribution is 8.29. The van der Waals surface area contributed by atoms with Gasteiger partial charge in [-0.05, 0) is 55.4 Å². The molecule has 0 aliphatic heterocycles. The molecule has 0 aliphatic rings. The summed E-state index contributed by atoms with van der Waals surface area (Å²) in [6, 6.07) is 2.35. The van der Waals surface area contributed by atoms with Crippen molar-refractivity contribution in [3.63, 3.8) is 0 Å². The van der Waals surface area contributed by atoms with Crippen LogP contribution in [-0.4, -0.2) is 43.8 Å². The van der Waals surface area contributed by atoms with E-state index >= 15 is 0 Å². The topological polar surface area (TPSA) is 6.48 Å². The van der Waals surface area contributed by atoms with Crippen molar-refractivity contribution < 1.29 is 0 Å². The van der Waals surface area contributed by atoms with E-state index in [1.54, 1.807) is 0 Å². The first-order chi connectivity index (χ1) is 10.5. The molecule has 0 N–H and O–H groups in total. The first kappa shape index (κ1) is 24.8. The summed E-state index contributed by atoms with van der Waals surface area (Å²) in [6.07, 6.45) is 0. The van der Waals surface area contributed by atoms with E-state index in [1.165, 1.54) is 0 Å². The summed E-state index contributed by atoms with van der Waals surface area (Å²) in [7, 11) is -0.551. The van der Waals surface area contributed by atoms with Gasteiger partial charge in [0.2, 0.25) is 0 Å². The number of hydrogen-bond donors (Lipinski definition) is 0. The van der Waals surface area contributed by atoms with Gasteiger partial charge >= 0.3 is 0 Å². The van der Waals surface area contributed by atoms with Crippen LogP contribution in [0.4, 0.5) is 0 Å². The summed E-state index contributed by atoms with van der Waals surface area (Å²) in [5.41, 5.74) is 0. The smallest absolute Gasteiger partial charge is 0.0120 e. The number of rotatable bonds is 7. The van der Waals surface area contributed by atoms with Crippen LogP contribution in [0, 0.1) is 0 Å². The van der Waals surface area contributed by atoms with E-state index in [9.17, 15) is 0 Å². The second kappa shape index (κ2) is 9.12. The second-order valence-corrected chi connectivity index (χ2v) is 17.1. The van der Waals surface area contributed by atoms with Crippen LogP contribution in [0.5, 0.6) is 0 Å². The first-order valence-corrected chi connectivity index (χ1v) is 13.0. The van der Waals surface area contributed by atoms with Crippen molar-refractivity contribution in [3.05, 3.63) is 0 Å². The Hall–Kier alpha value is 0.780. The molecule has 146 valence electrons. The summed E-state index contributed by atoms with van der Waals surface area (Å²) in [6.45, 7) is 33.9. The van der Waals surface area contributed by atoms with E-state index in [4.69, 9.17) is 0 Å². The molecule has 2 atom stereocenters. The maximum atomic E-state index is 2.85. The van der Waals surface area contributed by atoms with Gasteiger partial charge in [0.15, 0.2) is 0 Å². The summed E-state index contributed by atoms with van der Waals surface area (Å²) >= 11 is 0. The van der Waals surface area contributed by atoms with Crippen LogP contribution in [0.2, 0.25) is 0 Å². The van der Waals surface area contributed by atoms with Gasteiger partial charge in [0, 0.05) is 50.0 Å². The number of hydrogen-bond acceptors (Lipinski definition) is 2. The molecule has 0 aromatic carbocycles. The summed E-state index contributed by atoms with van der Waals surface area (Å²) < 4.78 is 5.70. The fourth-order valence-electron chi connectivity index (χ4n) is 3.52. The second-order valence-electron chi connectivity index (χ2n) is 10.1. The normalized spacial score (nSPS) is 17.0. The Labute approximate surface area is 156 Å². The fourth-order valence-corrected chi connectivity index (χ4v) is 15.3. The van der Waals surface area contributed by atoms with Crippen molar-refractivity contribution in [2.75, 3.05) is 0 Å². The van der Waals surface area contributed by atoms with Gasteiger partial charge in [-0.15, -0.1) is 0 Å². The number of nitrogens with zero attached hydrogens (tertiary/aromatic N) is 2. The summed E-state index contributed by atoms with van der Waals surface area (Å²) in [5, 5.41) is 0.621. The Morgan fingerprint density at radius 2 is 0.625 bits per heavy atom. The van der Waals surface area contributed by atoms with Gasteiger partial charge in [-0.1, -0.05) is 41.5 Å². The minimum Gasteiger partial charge on any atom is -0.272 e. The highest BCUT2D eigenvalue weighted by Gasteiger charge is 2.47. The molecule has 0 unspecified atom stereocenters. The Morgan fingerprint density at radius 3 is 0.708 bits per heavy atom. The minimum atomic E-state index is -0.276. The molecule has 0 heterocycles. The molecule has 2 nitrogen and oxygen atoms in total. The van der Waals surface area contributed by atoms with E-state index in [0.29, 0.717) is 34.5 Å². The van der Waals surface area contributed by atoms with Crippen LogP contribution in [0.25, 0.3) is 0 Å².